The first-order chi connectivity index (χ1) is 11.4. The van der Waals surface area contributed by atoms with Crippen LogP contribution < -0.4 is 4.90 Å². The van der Waals surface area contributed by atoms with E-state index in [2.05, 4.69) is 12.2 Å². The molecule has 0 bridgehead atoms. The molecule has 0 unspecified atom stereocenters. The molecule has 1 heterocycles. The largest absolute Gasteiger partial charge is 0.416 e. The summed E-state index contributed by atoms with van der Waals surface area (Å²) in [6.07, 6.45) is 2.51. The van der Waals surface area contributed by atoms with Crippen molar-refractivity contribution in [2.75, 3.05) is 31.1 Å². The van der Waals surface area contributed by atoms with Crippen molar-refractivity contribution in [2.24, 2.45) is 5.92 Å². The van der Waals surface area contributed by atoms with Gasteiger partial charge in [-0.05, 0) is 37.0 Å². The molecule has 130 valence electrons. The van der Waals surface area contributed by atoms with Gasteiger partial charge in [0.25, 0.3) is 0 Å². The monoisotopic (exact) mass is 338 g/mol. The van der Waals surface area contributed by atoms with Crippen LogP contribution in [-0.2, 0) is 11.0 Å². The summed E-state index contributed by atoms with van der Waals surface area (Å²) >= 11 is 0. The van der Waals surface area contributed by atoms with Gasteiger partial charge in [-0.15, -0.1) is 0 Å². The number of nitrogens with zero attached hydrogens (tertiary/aromatic N) is 2. The zero-order valence-corrected chi connectivity index (χ0v) is 13.4. The maximum atomic E-state index is 12.8. The fraction of sp³-hybridized carbons (Fsp3) is 0.500. The molecule has 1 atom stereocenters. The highest BCUT2D eigenvalue weighted by atomic mass is 19.4. The second-order valence-electron chi connectivity index (χ2n) is 6.39. The quantitative estimate of drug-likeness (QED) is 0.785. The van der Waals surface area contributed by atoms with Crippen molar-refractivity contribution in [1.29, 1.82) is 0 Å². The molecule has 3 nitrogen and oxygen atoms in total. The van der Waals surface area contributed by atoms with Gasteiger partial charge in [0.15, 0.2) is 0 Å². The van der Waals surface area contributed by atoms with Crippen molar-refractivity contribution >= 4 is 11.6 Å². The van der Waals surface area contributed by atoms with E-state index in [1.165, 1.54) is 12.1 Å². The predicted molar refractivity (Wildman–Crippen MR) is 86.7 cm³/mol. The van der Waals surface area contributed by atoms with Gasteiger partial charge in [-0.25, -0.2) is 0 Å². The smallest absolute Gasteiger partial charge is 0.368 e. The van der Waals surface area contributed by atoms with Gasteiger partial charge >= 0.3 is 6.18 Å². The number of benzene rings is 1. The lowest BCUT2D eigenvalue weighted by atomic mass is 10.0. The van der Waals surface area contributed by atoms with Crippen LogP contribution in [0.2, 0.25) is 0 Å². The zero-order chi connectivity index (χ0) is 17.2. The van der Waals surface area contributed by atoms with Gasteiger partial charge in [-0.1, -0.05) is 18.2 Å². The molecule has 0 aromatic heterocycles. The Kier molecular flexibility index (Phi) is 4.83. The first kappa shape index (κ1) is 16.9. The zero-order valence-electron chi connectivity index (χ0n) is 13.4. The molecule has 1 saturated heterocycles. The number of amides is 1. The van der Waals surface area contributed by atoms with Gasteiger partial charge in [0.2, 0.25) is 5.91 Å². The Morgan fingerprint density at radius 3 is 2.54 bits per heavy atom. The molecule has 24 heavy (non-hydrogen) atoms. The normalized spacial score (nSPS) is 21.4. The summed E-state index contributed by atoms with van der Waals surface area (Å²) in [5, 5.41) is 0. The van der Waals surface area contributed by atoms with E-state index in [4.69, 9.17) is 0 Å². The van der Waals surface area contributed by atoms with E-state index in [0.29, 0.717) is 44.2 Å². The maximum absolute atomic E-state index is 12.8. The molecule has 6 heteroatoms. The minimum Gasteiger partial charge on any atom is -0.368 e. The van der Waals surface area contributed by atoms with E-state index in [1.807, 2.05) is 9.80 Å². The molecule has 3 rings (SSSR count). The summed E-state index contributed by atoms with van der Waals surface area (Å²) in [5.74, 6) is 0.495. The number of halogens is 3. The Morgan fingerprint density at radius 2 is 1.92 bits per heavy atom. The standard InChI is InChI=1S/C18H21F3N2O/c19-18(20,21)15-6-3-7-16(13-15)22-8-10-23(11-9-22)17(24)12-14-4-1-2-5-14/h1,3-4,6-7,13-14H,2,5,8-12H2/t14-/m0/s1. The molecular formula is C18H21F3N2O. The van der Waals surface area contributed by atoms with Crippen LogP contribution >= 0.6 is 0 Å². The molecule has 2 aliphatic rings. The number of allylic oxidation sites excluding steroid dienone is 2. The minimum absolute atomic E-state index is 0.148. The van der Waals surface area contributed by atoms with Gasteiger partial charge in [0.1, 0.15) is 0 Å². The molecule has 1 aromatic rings. The van der Waals surface area contributed by atoms with Gasteiger partial charge in [-0.3, -0.25) is 4.79 Å². The molecule has 0 saturated carbocycles. The van der Waals surface area contributed by atoms with Crippen molar-refractivity contribution < 1.29 is 18.0 Å². The Bertz CT molecular complexity index is 619. The van der Waals surface area contributed by atoms with E-state index < -0.39 is 11.7 Å². The summed E-state index contributed by atoms with van der Waals surface area (Å²) in [5.41, 5.74) is -0.0674. The number of rotatable bonds is 3. The lowest BCUT2D eigenvalue weighted by molar-refractivity contribution is -0.137. The molecule has 1 aliphatic carbocycles. The fourth-order valence-electron chi connectivity index (χ4n) is 3.31. The average Bonchev–Trinajstić information content (AvgIpc) is 3.07. The Balaban J connectivity index is 1.57. The lowest BCUT2D eigenvalue weighted by Crippen LogP contribution is -2.49. The van der Waals surface area contributed by atoms with E-state index in [-0.39, 0.29) is 5.91 Å². The maximum Gasteiger partial charge on any atom is 0.416 e. The van der Waals surface area contributed by atoms with Crippen molar-refractivity contribution in [3.8, 4) is 0 Å². The highest BCUT2D eigenvalue weighted by Gasteiger charge is 2.31. The lowest BCUT2D eigenvalue weighted by Gasteiger charge is -2.36. The number of hydrogen-bond donors (Lipinski definition) is 0. The summed E-state index contributed by atoms with van der Waals surface area (Å²) < 4.78 is 38.5. The number of piperazine rings is 1. The molecule has 1 aromatic carbocycles. The summed E-state index contributed by atoms with van der Waals surface area (Å²) in [6, 6.07) is 5.39. The van der Waals surface area contributed by atoms with E-state index >= 15 is 0 Å². The third-order valence-electron chi connectivity index (χ3n) is 4.72. The SMILES string of the molecule is O=C(C[C@H]1C=CCC1)N1CCN(c2cccc(C(F)(F)F)c2)CC1. The number of alkyl halides is 3. The van der Waals surface area contributed by atoms with Crippen molar-refractivity contribution in [2.45, 2.75) is 25.4 Å². The van der Waals surface area contributed by atoms with E-state index in [0.717, 1.165) is 18.9 Å². The van der Waals surface area contributed by atoms with Crippen molar-refractivity contribution in [3.63, 3.8) is 0 Å². The average molecular weight is 338 g/mol. The second-order valence-corrected chi connectivity index (χ2v) is 6.39. The fourth-order valence-corrected chi connectivity index (χ4v) is 3.31. The van der Waals surface area contributed by atoms with Crippen LogP contribution in [-0.4, -0.2) is 37.0 Å². The van der Waals surface area contributed by atoms with Crippen LogP contribution in [0.25, 0.3) is 0 Å². The van der Waals surface area contributed by atoms with Gasteiger partial charge in [0.05, 0.1) is 5.56 Å². The predicted octanol–water partition coefficient (Wildman–Crippen LogP) is 3.71. The topological polar surface area (TPSA) is 23.6 Å². The third-order valence-corrected chi connectivity index (χ3v) is 4.72. The third kappa shape index (κ3) is 3.91. The van der Waals surface area contributed by atoms with Crippen molar-refractivity contribution in [1.82, 2.24) is 4.90 Å². The van der Waals surface area contributed by atoms with Gasteiger partial charge in [0, 0.05) is 38.3 Å². The van der Waals surface area contributed by atoms with Gasteiger partial charge < -0.3 is 9.80 Å². The molecular weight excluding hydrogens is 317 g/mol. The van der Waals surface area contributed by atoms with Crippen LogP contribution in [0.1, 0.15) is 24.8 Å². The summed E-state index contributed by atoms with van der Waals surface area (Å²) in [7, 11) is 0. The van der Waals surface area contributed by atoms with E-state index in [9.17, 15) is 18.0 Å². The highest BCUT2D eigenvalue weighted by Crippen LogP contribution is 2.32. The Hall–Kier alpha value is -1.98. The number of anilines is 1. The summed E-state index contributed by atoms with van der Waals surface area (Å²) in [6.45, 7) is 2.25. The van der Waals surface area contributed by atoms with Crippen LogP contribution in [0.5, 0.6) is 0 Å². The number of carbonyl (C=O) groups excluding carboxylic acids is 1. The van der Waals surface area contributed by atoms with Gasteiger partial charge in [-0.2, -0.15) is 13.2 Å². The first-order valence-corrected chi connectivity index (χ1v) is 8.30. The first-order valence-electron chi connectivity index (χ1n) is 8.30. The minimum atomic E-state index is -4.33. The van der Waals surface area contributed by atoms with Crippen LogP contribution in [0.3, 0.4) is 0 Å². The molecule has 0 spiro atoms. The van der Waals surface area contributed by atoms with Crippen LogP contribution in [0.15, 0.2) is 36.4 Å². The molecule has 0 radical (unpaired) electrons. The molecule has 0 N–H and O–H groups in total. The Morgan fingerprint density at radius 1 is 1.17 bits per heavy atom. The number of hydrogen-bond acceptors (Lipinski definition) is 2. The Labute approximate surface area is 139 Å². The van der Waals surface area contributed by atoms with E-state index in [1.54, 1.807) is 6.07 Å². The van der Waals surface area contributed by atoms with Crippen molar-refractivity contribution in [3.05, 3.63) is 42.0 Å². The number of carbonyl (C=O) groups is 1. The highest BCUT2D eigenvalue weighted by molar-refractivity contribution is 5.77. The van der Waals surface area contributed by atoms with Crippen LogP contribution in [0, 0.1) is 5.92 Å². The second kappa shape index (κ2) is 6.87. The summed E-state index contributed by atoms with van der Waals surface area (Å²) in [4.78, 5) is 16.0. The molecule has 1 aliphatic heterocycles. The van der Waals surface area contributed by atoms with Crippen LogP contribution in [0.4, 0.5) is 18.9 Å². The molecule has 1 amide bonds. The molecule has 1 fully saturated rings.